The molecule has 0 spiro atoms. The summed E-state index contributed by atoms with van der Waals surface area (Å²) in [6.45, 7) is 3.39. The zero-order valence-corrected chi connectivity index (χ0v) is 18.1. The Morgan fingerprint density at radius 1 is 1.16 bits per heavy atom. The van der Waals surface area contributed by atoms with Crippen LogP contribution in [0.15, 0.2) is 41.2 Å². The second-order valence-electron chi connectivity index (χ2n) is 8.43. The summed E-state index contributed by atoms with van der Waals surface area (Å²) in [5.41, 5.74) is -0.127. The van der Waals surface area contributed by atoms with Crippen molar-refractivity contribution in [3.05, 3.63) is 81.0 Å². The van der Waals surface area contributed by atoms with E-state index in [9.17, 15) is 18.4 Å². The summed E-state index contributed by atoms with van der Waals surface area (Å²) in [6.07, 6.45) is 3.14. The fourth-order valence-electron chi connectivity index (χ4n) is 4.47. The van der Waals surface area contributed by atoms with E-state index in [2.05, 4.69) is 5.32 Å². The van der Waals surface area contributed by atoms with Crippen LogP contribution in [-0.4, -0.2) is 10.5 Å². The van der Waals surface area contributed by atoms with Gasteiger partial charge in [0.25, 0.3) is 11.5 Å². The predicted molar refractivity (Wildman–Crippen MR) is 117 cm³/mol. The predicted octanol–water partition coefficient (Wildman–Crippen LogP) is 5.41. The molecule has 1 aromatic heterocycles. The smallest absolute Gasteiger partial charge is 0.263 e. The van der Waals surface area contributed by atoms with Gasteiger partial charge in [-0.25, -0.2) is 8.78 Å². The van der Waals surface area contributed by atoms with Gasteiger partial charge >= 0.3 is 0 Å². The summed E-state index contributed by atoms with van der Waals surface area (Å²) in [4.78, 5) is 26.3. The quantitative estimate of drug-likeness (QED) is 0.520. The molecule has 1 amide bonds. The molecule has 0 radical (unpaired) electrons. The van der Waals surface area contributed by atoms with E-state index in [1.807, 2.05) is 0 Å². The highest BCUT2D eigenvalue weighted by atomic mass is 19.1. The molecule has 0 saturated heterocycles. The van der Waals surface area contributed by atoms with Crippen LogP contribution in [0.4, 0.5) is 13.2 Å². The number of benzene rings is 2. The van der Waals surface area contributed by atoms with Crippen molar-refractivity contribution in [3.8, 4) is 0 Å². The summed E-state index contributed by atoms with van der Waals surface area (Å²) in [6, 6.07) is 8.04. The molecule has 4 rings (SSSR count). The van der Waals surface area contributed by atoms with Crippen molar-refractivity contribution in [3.63, 3.8) is 0 Å². The largest absolute Gasteiger partial charge is 0.345 e. The molecule has 1 N–H and O–H groups in total. The van der Waals surface area contributed by atoms with Crippen molar-refractivity contribution >= 4 is 16.7 Å². The lowest BCUT2D eigenvalue weighted by atomic mass is 9.77. The number of fused-ring (bicyclic) bond motifs is 1. The lowest BCUT2D eigenvalue weighted by molar-refractivity contribution is 0.0896. The lowest BCUT2D eigenvalue weighted by Crippen LogP contribution is -2.38. The van der Waals surface area contributed by atoms with Gasteiger partial charge in [0.2, 0.25) is 5.95 Å². The van der Waals surface area contributed by atoms with E-state index in [0.29, 0.717) is 17.5 Å². The van der Waals surface area contributed by atoms with Crippen molar-refractivity contribution < 1.29 is 18.0 Å². The highest BCUT2D eigenvalue weighted by Crippen LogP contribution is 2.38. The number of aromatic nitrogens is 1. The lowest BCUT2D eigenvalue weighted by Gasteiger charge is -2.35. The number of carbonyl (C=O) groups excluding carboxylic acids is 1. The van der Waals surface area contributed by atoms with E-state index in [0.717, 1.165) is 29.9 Å². The summed E-state index contributed by atoms with van der Waals surface area (Å²) in [5.74, 6) is -2.86. The van der Waals surface area contributed by atoms with Gasteiger partial charge in [0.05, 0.1) is 11.4 Å². The van der Waals surface area contributed by atoms with Gasteiger partial charge in [0.15, 0.2) is 0 Å². The highest BCUT2D eigenvalue weighted by molar-refractivity contribution is 6.08. The number of aryl methyl sites for hydroxylation is 1. The molecule has 168 valence electrons. The van der Waals surface area contributed by atoms with Crippen LogP contribution in [0.3, 0.4) is 0 Å². The third kappa shape index (κ3) is 3.80. The molecule has 2 aromatic carbocycles. The second kappa shape index (κ2) is 8.81. The number of amides is 1. The van der Waals surface area contributed by atoms with Gasteiger partial charge in [-0.05, 0) is 61.4 Å². The molecular formula is C25H25F3N2O2. The summed E-state index contributed by atoms with van der Waals surface area (Å²) < 4.78 is 44.9. The highest BCUT2D eigenvalue weighted by Gasteiger charge is 2.32. The van der Waals surface area contributed by atoms with Crippen LogP contribution < -0.4 is 10.9 Å². The Morgan fingerprint density at radius 3 is 2.53 bits per heavy atom. The van der Waals surface area contributed by atoms with Crippen molar-refractivity contribution in [1.29, 1.82) is 0 Å². The van der Waals surface area contributed by atoms with Crippen LogP contribution in [0.1, 0.15) is 60.1 Å². The Balaban J connectivity index is 1.87. The van der Waals surface area contributed by atoms with Crippen LogP contribution in [0.2, 0.25) is 0 Å². The SMILES string of the molecule is CCCn1c([18F])c(C(=O)N[C@H](c2cccc(F)c2)C2CCC2)c2c(C)ccc(F)c2c1=O. The Labute approximate surface area is 184 Å². The topological polar surface area (TPSA) is 51.1 Å². The molecule has 1 aliphatic rings. The zero-order chi connectivity index (χ0) is 23.0. The van der Waals surface area contributed by atoms with Gasteiger partial charge in [0.1, 0.15) is 17.2 Å². The van der Waals surface area contributed by atoms with Crippen LogP contribution >= 0.6 is 0 Å². The normalized spacial score (nSPS) is 14.9. The van der Waals surface area contributed by atoms with Gasteiger partial charge in [-0.3, -0.25) is 14.2 Å². The average Bonchev–Trinajstić information content (AvgIpc) is 2.71. The minimum absolute atomic E-state index is 0.0181. The number of rotatable bonds is 6. The molecule has 0 bridgehead atoms. The molecule has 1 saturated carbocycles. The molecule has 3 aromatic rings. The molecule has 0 unspecified atom stereocenters. The van der Waals surface area contributed by atoms with Crippen molar-refractivity contribution in [2.75, 3.05) is 0 Å². The third-order valence-corrected chi connectivity index (χ3v) is 6.31. The van der Waals surface area contributed by atoms with Gasteiger partial charge in [-0.15, -0.1) is 0 Å². The van der Waals surface area contributed by atoms with E-state index in [1.54, 1.807) is 26.0 Å². The number of hydrogen-bond acceptors (Lipinski definition) is 2. The summed E-state index contributed by atoms with van der Waals surface area (Å²) >= 11 is 0. The number of pyridine rings is 1. The van der Waals surface area contributed by atoms with Crippen molar-refractivity contribution in [2.45, 2.75) is 52.1 Å². The minimum atomic E-state index is -0.984. The van der Waals surface area contributed by atoms with Crippen LogP contribution in [-0.2, 0) is 6.54 Å². The monoisotopic (exact) mass is 441 g/mol. The van der Waals surface area contributed by atoms with E-state index in [4.69, 9.17) is 0 Å². The van der Waals surface area contributed by atoms with Gasteiger partial charge in [-0.1, -0.05) is 31.5 Å². The number of nitrogens with one attached hydrogen (secondary N) is 1. The minimum Gasteiger partial charge on any atom is -0.345 e. The maximum atomic E-state index is 15.5. The first-order valence-electron chi connectivity index (χ1n) is 10.9. The molecule has 1 heterocycles. The van der Waals surface area contributed by atoms with E-state index >= 15 is 4.39 Å². The van der Waals surface area contributed by atoms with Gasteiger partial charge < -0.3 is 5.32 Å². The summed E-state index contributed by atoms with van der Waals surface area (Å²) in [5, 5.41) is 2.54. The fraction of sp³-hybridized carbons (Fsp3) is 0.360. The van der Waals surface area contributed by atoms with Crippen LogP contribution in [0.5, 0.6) is 0 Å². The first kappa shape index (κ1) is 22.1. The Hall–Kier alpha value is -3.09. The maximum Gasteiger partial charge on any atom is 0.263 e. The second-order valence-corrected chi connectivity index (χ2v) is 8.43. The van der Waals surface area contributed by atoms with E-state index in [1.165, 1.54) is 18.2 Å². The molecule has 1 fully saturated rings. The van der Waals surface area contributed by atoms with Crippen LogP contribution in [0.25, 0.3) is 10.8 Å². The number of carbonyl (C=O) groups is 1. The first-order chi connectivity index (χ1) is 15.3. The first-order valence-corrected chi connectivity index (χ1v) is 10.9. The number of nitrogens with zero attached hydrogens (tertiary/aromatic N) is 1. The van der Waals surface area contributed by atoms with Crippen molar-refractivity contribution in [2.24, 2.45) is 5.92 Å². The van der Waals surface area contributed by atoms with Crippen LogP contribution in [0, 0.1) is 30.4 Å². The number of hydrogen-bond donors (Lipinski definition) is 1. The van der Waals surface area contributed by atoms with E-state index in [-0.39, 0.29) is 28.8 Å². The van der Waals surface area contributed by atoms with E-state index < -0.39 is 35.1 Å². The molecule has 0 aliphatic heterocycles. The fourth-order valence-corrected chi connectivity index (χ4v) is 4.47. The molecule has 1 atom stereocenters. The third-order valence-electron chi connectivity index (χ3n) is 6.31. The van der Waals surface area contributed by atoms with Gasteiger partial charge in [-0.2, -0.15) is 4.39 Å². The van der Waals surface area contributed by atoms with Gasteiger partial charge in [0, 0.05) is 11.9 Å². The average molecular weight is 441 g/mol. The molecule has 4 nitrogen and oxygen atoms in total. The Kier molecular flexibility index (Phi) is 6.09. The number of halogens is 3. The zero-order valence-electron chi connectivity index (χ0n) is 18.1. The summed E-state index contributed by atoms with van der Waals surface area (Å²) in [7, 11) is 0. The Morgan fingerprint density at radius 2 is 1.91 bits per heavy atom. The molecule has 1 aliphatic carbocycles. The molecule has 7 heteroatoms. The standard InChI is InChI=1S/C25H25F3N2O2/c1-3-12-30-23(28)21(19-14(2)10-11-18(27)20(19)25(30)32)24(31)29-22(15-6-4-7-15)16-8-5-9-17(26)13-16/h5,8-11,13,15,22H,3-4,6-7,12H2,1-2H3,(H,29,31)/t22-/m0/s1/i28-1. The molecule has 32 heavy (non-hydrogen) atoms. The molecular weight excluding hydrogens is 416 g/mol. The van der Waals surface area contributed by atoms with Crippen molar-refractivity contribution in [1.82, 2.24) is 9.88 Å². The maximum absolute atomic E-state index is 15.5. The Bertz CT molecular complexity index is 1250.